The van der Waals surface area contributed by atoms with E-state index in [9.17, 15) is 9.18 Å². The zero-order valence-electron chi connectivity index (χ0n) is 11.5. The van der Waals surface area contributed by atoms with Gasteiger partial charge in [0.15, 0.2) is 5.78 Å². The number of carbonyl (C=O) groups excluding carboxylic acids is 1. The Morgan fingerprint density at radius 2 is 2.15 bits per heavy atom. The minimum absolute atomic E-state index is 0.0174. The molecular formula is C15H18ClFO3. The number of benzene rings is 1. The summed E-state index contributed by atoms with van der Waals surface area (Å²) in [5, 5.41) is 0.275. The molecule has 2 rings (SSSR count). The van der Waals surface area contributed by atoms with Crippen LogP contribution in [0.1, 0.15) is 25.3 Å². The third kappa shape index (κ3) is 3.37. The molecule has 0 bridgehead atoms. The Morgan fingerprint density at radius 1 is 1.45 bits per heavy atom. The summed E-state index contributed by atoms with van der Waals surface area (Å²) < 4.78 is 24.0. The van der Waals surface area contributed by atoms with Crippen LogP contribution in [0.4, 0.5) is 4.39 Å². The Kier molecular flexibility index (Phi) is 5.13. The van der Waals surface area contributed by atoms with Gasteiger partial charge in [0.25, 0.3) is 0 Å². The predicted molar refractivity (Wildman–Crippen MR) is 74.5 cm³/mol. The summed E-state index contributed by atoms with van der Waals surface area (Å²) in [6, 6.07) is 4.09. The van der Waals surface area contributed by atoms with E-state index in [0.29, 0.717) is 38.2 Å². The fourth-order valence-electron chi connectivity index (χ4n) is 2.48. The number of ether oxygens (including phenoxy) is 2. The first kappa shape index (κ1) is 15.4. The van der Waals surface area contributed by atoms with Gasteiger partial charge in [0.2, 0.25) is 0 Å². The van der Waals surface area contributed by atoms with Crippen molar-refractivity contribution in [2.45, 2.75) is 31.8 Å². The molecule has 0 spiro atoms. The largest absolute Gasteiger partial charge is 0.381 e. The summed E-state index contributed by atoms with van der Waals surface area (Å²) in [6.07, 6.45) is 1.26. The van der Waals surface area contributed by atoms with Crippen LogP contribution in [0, 0.1) is 5.82 Å². The van der Waals surface area contributed by atoms with Crippen molar-refractivity contribution in [1.29, 1.82) is 0 Å². The standard InChI is InChI=1S/C15H18ClFO3/c1-2-20-15(5-7-19-8-6-15)14(18)9-11-3-4-12(17)10-13(11)16/h3-4,10H,2,5-9H2,1H3. The van der Waals surface area contributed by atoms with Crippen molar-refractivity contribution in [2.75, 3.05) is 19.8 Å². The Bertz CT molecular complexity index is 478. The van der Waals surface area contributed by atoms with E-state index in [0.717, 1.165) is 0 Å². The molecule has 3 nitrogen and oxygen atoms in total. The van der Waals surface area contributed by atoms with Gasteiger partial charge >= 0.3 is 0 Å². The second-order valence-electron chi connectivity index (χ2n) is 4.88. The Balaban J connectivity index is 2.15. The van der Waals surface area contributed by atoms with Crippen molar-refractivity contribution < 1.29 is 18.7 Å². The molecule has 0 saturated carbocycles. The molecule has 0 aromatic heterocycles. The maximum Gasteiger partial charge on any atom is 0.169 e. The van der Waals surface area contributed by atoms with Crippen LogP contribution in [0.25, 0.3) is 0 Å². The molecule has 1 aromatic carbocycles. The summed E-state index contributed by atoms with van der Waals surface area (Å²) in [6.45, 7) is 3.38. The summed E-state index contributed by atoms with van der Waals surface area (Å²) in [5.74, 6) is -0.423. The lowest BCUT2D eigenvalue weighted by Crippen LogP contribution is -2.47. The van der Waals surface area contributed by atoms with Gasteiger partial charge in [0.1, 0.15) is 11.4 Å². The lowest BCUT2D eigenvalue weighted by molar-refractivity contribution is -0.156. The van der Waals surface area contributed by atoms with Crippen LogP contribution in [0.2, 0.25) is 5.02 Å². The van der Waals surface area contributed by atoms with Crippen molar-refractivity contribution in [1.82, 2.24) is 0 Å². The highest BCUT2D eigenvalue weighted by Gasteiger charge is 2.40. The van der Waals surface area contributed by atoms with Crippen molar-refractivity contribution >= 4 is 17.4 Å². The van der Waals surface area contributed by atoms with Crippen LogP contribution in [-0.2, 0) is 20.7 Å². The third-order valence-electron chi connectivity index (χ3n) is 3.60. The van der Waals surface area contributed by atoms with Crippen LogP contribution in [-0.4, -0.2) is 31.2 Å². The van der Waals surface area contributed by atoms with E-state index in [-0.39, 0.29) is 17.2 Å². The molecule has 1 fully saturated rings. The van der Waals surface area contributed by atoms with Gasteiger partial charge in [-0.15, -0.1) is 0 Å². The van der Waals surface area contributed by atoms with Gasteiger partial charge in [-0.2, -0.15) is 0 Å². The summed E-state index contributed by atoms with van der Waals surface area (Å²) in [4.78, 5) is 12.6. The van der Waals surface area contributed by atoms with Gasteiger partial charge in [0, 0.05) is 44.1 Å². The van der Waals surface area contributed by atoms with E-state index in [2.05, 4.69) is 0 Å². The number of rotatable bonds is 5. The van der Waals surface area contributed by atoms with Gasteiger partial charge in [-0.3, -0.25) is 4.79 Å². The first-order chi connectivity index (χ1) is 9.57. The molecule has 1 aliphatic rings. The van der Waals surface area contributed by atoms with E-state index in [1.165, 1.54) is 12.1 Å². The van der Waals surface area contributed by atoms with Gasteiger partial charge < -0.3 is 9.47 Å². The number of halogens is 2. The molecule has 0 unspecified atom stereocenters. The van der Waals surface area contributed by atoms with Crippen molar-refractivity contribution in [3.05, 3.63) is 34.6 Å². The molecule has 20 heavy (non-hydrogen) atoms. The van der Waals surface area contributed by atoms with E-state index in [1.807, 2.05) is 6.92 Å². The highest BCUT2D eigenvalue weighted by molar-refractivity contribution is 6.31. The van der Waals surface area contributed by atoms with Crippen molar-refractivity contribution in [3.8, 4) is 0 Å². The van der Waals surface area contributed by atoms with Crippen molar-refractivity contribution in [2.24, 2.45) is 0 Å². The van der Waals surface area contributed by atoms with Gasteiger partial charge in [-0.05, 0) is 24.6 Å². The Labute approximate surface area is 123 Å². The maximum absolute atomic E-state index is 13.0. The molecule has 0 N–H and O–H groups in total. The van der Waals surface area contributed by atoms with Crippen LogP contribution in [0.5, 0.6) is 0 Å². The maximum atomic E-state index is 13.0. The fraction of sp³-hybridized carbons (Fsp3) is 0.533. The Morgan fingerprint density at radius 3 is 2.75 bits per heavy atom. The number of hydrogen-bond acceptors (Lipinski definition) is 3. The molecule has 0 aliphatic carbocycles. The number of ketones is 1. The van der Waals surface area contributed by atoms with Crippen LogP contribution >= 0.6 is 11.6 Å². The highest BCUT2D eigenvalue weighted by atomic mass is 35.5. The van der Waals surface area contributed by atoms with Crippen molar-refractivity contribution in [3.63, 3.8) is 0 Å². The lowest BCUT2D eigenvalue weighted by Gasteiger charge is -2.35. The lowest BCUT2D eigenvalue weighted by atomic mass is 9.86. The molecule has 5 heteroatoms. The first-order valence-electron chi connectivity index (χ1n) is 6.76. The topological polar surface area (TPSA) is 35.5 Å². The first-order valence-corrected chi connectivity index (χ1v) is 7.14. The second-order valence-corrected chi connectivity index (χ2v) is 5.28. The van der Waals surface area contributed by atoms with Gasteiger partial charge in [0.05, 0.1) is 0 Å². The molecule has 1 aliphatic heterocycles. The average Bonchev–Trinajstić information content (AvgIpc) is 2.43. The molecule has 110 valence electrons. The zero-order valence-corrected chi connectivity index (χ0v) is 12.2. The molecule has 1 saturated heterocycles. The quantitative estimate of drug-likeness (QED) is 0.838. The third-order valence-corrected chi connectivity index (χ3v) is 3.95. The monoisotopic (exact) mass is 300 g/mol. The summed E-state index contributed by atoms with van der Waals surface area (Å²) in [7, 11) is 0. The minimum Gasteiger partial charge on any atom is -0.381 e. The van der Waals surface area contributed by atoms with Crippen LogP contribution in [0.3, 0.4) is 0 Å². The number of carbonyl (C=O) groups is 1. The minimum atomic E-state index is -0.787. The normalized spacial score (nSPS) is 17.9. The molecule has 1 aromatic rings. The van der Waals surface area contributed by atoms with E-state index in [1.54, 1.807) is 6.07 Å². The predicted octanol–water partition coefficient (Wildman–Crippen LogP) is 3.18. The molecule has 0 atom stereocenters. The smallest absolute Gasteiger partial charge is 0.169 e. The summed E-state index contributed by atoms with van der Waals surface area (Å²) in [5.41, 5.74) is -0.159. The fourth-order valence-corrected chi connectivity index (χ4v) is 2.71. The summed E-state index contributed by atoms with van der Waals surface area (Å²) >= 11 is 5.98. The average molecular weight is 301 g/mol. The molecule has 0 amide bonds. The zero-order chi connectivity index (χ0) is 14.6. The SMILES string of the molecule is CCOC1(C(=O)Cc2ccc(F)cc2Cl)CCOCC1. The van der Waals surface area contributed by atoms with Crippen LogP contribution in [0.15, 0.2) is 18.2 Å². The number of hydrogen-bond donors (Lipinski definition) is 0. The van der Waals surface area contributed by atoms with E-state index >= 15 is 0 Å². The second kappa shape index (κ2) is 6.66. The molecule has 0 radical (unpaired) electrons. The molecule has 1 heterocycles. The highest BCUT2D eigenvalue weighted by Crippen LogP contribution is 2.29. The van der Waals surface area contributed by atoms with Crippen LogP contribution < -0.4 is 0 Å². The molecular weight excluding hydrogens is 283 g/mol. The van der Waals surface area contributed by atoms with Gasteiger partial charge in [-0.25, -0.2) is 4.39 Å². The van der Waals surface area contributed by atoms with Gasteiger partial charge in [-0.1, -0.05) is 17.7 Å². The number of Topliss-reactive ketones (excluding diaryl/α,β-unsaturated/α-hetero) is 1. The van der Waals surface area contributed by atoms with E-state index < -0.39 is 11.4 Å². The Hall–Kier alpha value is -0.970. The van der Waals surface area contributed by atoms with E-state index in [4.69, 9.17) is 21.1 Å².